The Morgan fingerprint density at radius 2 is 1.70 bits per heavy atom. The van der Waals surface area contributed by atoms with E-state index >= 15 is 0 Å². The van der Waals surface area contributed by atoms with Crippen LogP contribution in [0.5, 0.6) is 0 Å². The van der Waals surface area contributed by atoms with Crippen LogP contribution in [0, 0.1) is 0 Å². The molecule has 0 spiro atoms. The third-order valence-corrected chi connectivity index (χ3v) is 1.35. The Hall–Kier alpha value is -0.770. The number of quaternary nitrogens is 1. The molecule has 1 N–H and O–H groups in total. The molecule has 0 unspecified atom stereocenters. The van der Waals surface area contributed by atoms with Crippen LogP contribution < -0.4 is 4.90 Å². The van der Waals surface area contributed by atoms with E-state index in [1.807, 2.05) is 0 Å². The van der Waals surface area contributed by atoms with E-state index in [0.717, 1.165) is 13.2 Å². The summed E-state index contributed by atoms with van der Waals surface area (Å²) < 4.78 is 5.12. The molecule has 0 aliphatic carbocycles. The molecule has 1 fully saturated rings. The van der Waals surface area contributed by atoms with Crippen LogP contribution in [0.15, 0.2) is 0 Å². The van der Waals surface area contributed by atoms with Gasteiger partial charge < -0.3 is 20.7 Å². The second-order valence-electron chi connectivity index (χ2n) is 2.16. The van der Waals surface area contributed by atoms with Gasteiger partial charge in [0.05, 0.1) is 20.3 Å². The third-order valence-electron chi connectivity index (χ3n) is 1.35. The summed E-state index contributed by atoms with van der Waals surface area (Å²) in [5, 5.41) is 0. The summed E-state index contributed by atoms with van der Waals surface area (Å²) in [6.07, 6.45) is 0. The second-order valence-corrected chi connectivity index (χ2v) is 2.16. The fourth-order valence-corrected chi connectivity index (χ4v) is 0.720. The van der Waals surface area contributed by atoms with Crippen LogP contribution in [-0.2, 0) is 4.74 Å². The van der Waals surface area contributed by atoms with Crippen molar-refractivity contribution >= 4 is 0 Å². The van der Waals surface area contributed by atoms with Gasteiger partial charge in [0.15, 0.2) is 0 Å². The van der Waals surface area contributed by atoms with Crippen LogP contribution in [0.1, 0.15) is 0 Å². The van der Waals surface area contributed by atoms with Crippen molar-refractivity contribution < 1.29 is 9.64 Å². The molecule has 1 rings (SSSR count). The number of morpholine rings is 1. The first-order chi connectivity index (χ1) is 4.81. The minimum absolute atomic E-state index is 0.950. The minimum Gasteiger partial charge on any atom is -0.373 e. The van der Waals surface area contributed by atoms with Gasteiger partial charge in [-0.25, -0.2) is 0 Å². The van der Waals surface area contributed by atoms with Gasteiger partial charge in [-0.3, -0.25) is 4.91 Å². The standard InChI is InChI=1S/C5H11NO.N3/c1-6-2-4-7-5-3-6;1-3-2/h2-5H2,1H3;/q;-1/p+1. The Bertz CT molecular complexity index is 104. The summed E-state index contributed by atoms with van der Waals surface area (Å²) in [5.41, 5.74) is 13.5. The van der Waals surface area contributed by atoms with E-state index in [1.165, 1.54) is 18.0 Å². The van der Waals surface area contributed by atoms with Crippen LogP contribution in [0.2, 0.25) is 0 Å². The monoisotopic (exact) mass is 144 g/mol. The predicted molar refractivity (Wildman–Crippen MR) is 37.5 cm³/mol. The highest BCUT2D eigenvalue weighted by Gasteiger charge is 2.05. The molecule has 0 aromatic carbocycles. The van der Waals surface area contributed by atoms with Crippen molar-refractivity contribution in [3.63, 3.8) is 0 Å². The van der Waals surface area contributed by atoms with Gasteiger partial charge in [0, 0.05) is 0 Å². The first kappa shape index (κ1) is 9.23. The molecule has 0 saturated carbocycles. The van der Waals surface area contributed by atoms with Gasteiger partial charge in [0.25, 0.3) is 0 Å². The smallest absolute Gasteiger partial charge is 0.101 e. The number of nitrogens with zero attached hydrogens (tertiary/aromatic N) is 3. The molecule has 1 aliphatic rings. The summed E-state index contributed by atoms with van der Waals surface area (Å²) in [6.45, 7) is 4.26. The van der Waals surface area contributed by atoms with Crippen LogP contribution in [0.3, 0.4) is 0 Å². The molecule has 0 atom stereocenters. The number of likely N-dealkylation sites (N-methyl/N-ethyl adjacent to an activating group) is 1. The molecule has 1 aliphatic heterocycles. The van der Waals surface area contributed by atoms with E-state index in [0.29, 0.717) is 0 Å². The summed E-state index contributed by atoms with van der Waals surface area (Å²) in [4.78, 5) is 3.09. The van der Waals surface area contributed by atoms with Crippen molar-refractivity contribution in [3.8, 4) is 0 Å². The van der Waals surface area contributed by atoms with Gasteiger partial charge in [0.1, 0.15) is 13.1 Å². The molecule has 0 amide bonds. The zero-order chi connectivity index (χ0) is 7.82. The number of rotatable bonds is 0. The SMILES string of the molecule is C[NH+]1CCOCC1.[N-]=[N+]=[N-]. The minimum atomic E-state index is 0.950. The maximum atomic E-state index is 6.75. The number of nitrogens with one attached hydrogen (secondary N) is 1. The van der Waals surface area contributed by atoms with Crippen LogP contribution in [0.25, 0.3) is 16.0 Å². The fourth-order valence-electron chi connectivity index (χ4n) is 0.720. The highest BCUT2D eigenvalue weighted by Crippen LogP contribution is 1.71. The topological polar surface area (TPSA) is 72.4 Å². The largest absolute Gasteiger partial charge is 0.373 e. The molecule has 0 radical (unpaired) electrons. The Labute approximate surface area is 60.0 Å². The van der Waals surface area contributed by atoms with Crippen molar-refractivity contribution in [2.24, 2.45) is 0 Å². The lowest BCUT2D eigenvalue weighted by atomic mass is 10.5. The zero-order valence-electron chi connectivity index (χ0n) is 6.08. The maximum Gasteiger partial charge on any atom is 0.101 e. The quantitative estimate of drug-likeness (QED) is 0.275. The highest BCUT2D eigenvalue weighted by molar-refractivity contribution is 4.36. The van der Waals surface area contributed by atoms with Gasteiger partial charge in [-0.15, -0.1) is 0 Å². The van der Waals surface area contributed by atoms with Gasteiger partial charge in [0.2, 0.25) is 0 Å². The van der Waals surface area contributed by atoms with E-state index in [2.05, 4.69) is 7.05 Å². The summed E-state index contributed by atoms with van der Waals surface area (Å²) in [6, 6.07) is 0. The van der Waals surface area contributed by atoms with E-state index < -0.39 is 0 Å². The highest BCUT2D eigenvalue weighted by atomic mass is 16.5. The van der Waals surface area contributed by atoms with E-state index in [4.69, 9.17) is 15.8 Å². The molecule has 10 heavy (non-hydrogen) atoms. The van der Waals surface area contributed by atoms with Crippen molar-refractivity contribution in [2.75, 3.05) is 33.4 Å². The molecule has 5 nitrogen and oxygen atoms in total. The lowest BCUT2D eigenvalue weighted by Crippen LogP contribution is -3.11. The predicted octanol–water partition coefficient (Wildman–Crippen LogP) is -0.603. The molecule has 0 aromatic rings. The third kappa shape index (κ3) is 5.37. The molecule has 0 bridgehead atoms. The van der Waals surface area contributed by atoms with Crippen molar-refractivity contribution in [2.45, 2.75) is 0 Å². The van der Waals surface area contributed by atoms with Gasteiger partial charge in [-0.05, 0) is 0 Å². The molecule has 1 heterocycles. The fraction of sp³-hybridized carbons (Fsp3) is 1.00. The first-order valence-corrected chi connectivity index (χ1v) is 3.18. The Balaban J connectivity index is 0.000000236. The molecule has 0 aromatic heterocycles. The van der Waals surface area contributed by atoms with Gasteiger partial charge in [-0.1, -0.05) is 0 Å². The van der Waals surface area contributed by atoms with Gasteiger partial charge in [-0.2, -0.15) is 0 Å². The van der Waals surface area contributed by atoms with E-state index in [-0.39, 0.29) is 0 Å². The van der Waals surface area contributed by atoms with Crippen LogP contribution in [-0.4, -0.2) is 33.4 Å². The van der Waals surface area contributed by atoms with Gasteiger partial charge >= 0.3 is 0 Å². The maximum absolute atomic E-state index is 6.75. The molecule has 58 valence electrons. The summed E-state index contributed by atoms with van der Waals surface area (Å²) in [7, 11) is 2.20. The first-order valence-electron chi connectivity index (χ1n) is 3.18. The average molecular weight is 144 g/mol. The molecular weight excluding hydrogens is 132 g/mol. The second kappa shape index (κ2) is 6.35. The Morgan fingerprint density at radius 1 is 1.30 bits per heavy atom. The molecule has 1 saturated heterocycles. The number of ether oxygens (including phenoxy) is 1. The number of hydrogen-bond acceptors (Lipinski definition) is 1. The zero-order valence-corrected chi connectivity index (χ0v) is 6.08. The van der Waals surface area contributed by atoms with Crippen LogP contribution in [0.4, 0.5) is 0 Å². The van der Waals surface area contributed by atoms with Crippen molar-refractivity contribution in [1.29, 1.82) is 0 Å². The molecular formula is C5H12N4O. The summed E-state index contributed by atoms with van der Waals surface area (Å²) in [5.74, 6) is 0. The lowest BCUT2D eigenvalue weighted by Gasteiger charge is -2.18. The lowest BCUT2D eigenvalue weighted by molar-refractivity contribution is -0.888. The van der Waals surface area contributed by atoms with E-state index in [9.17, 15) is 0 Å². The van der Waals surface area contributed by atoms with Crippen molar-refractivity contribution in [3.05, 3.63) is 16.0 Å². The van der Waals surface area contributed by atoms with E-state index in [1.54, 1.807) is 4.90 Å². The normalized spacial score (nSPS) is 18.5. The number of hydrogen-bond donors (Lipinski definition) is 1. The Morgan fingerprint density at radius 3 is 1.90 bits per heavy atom. The van der Waals surface area contributed by atoms with Crippen LogP contribution >= 0.6 is 0 Å². The summed E-state index contributed by atoms with van der Waals surface area (Å²) >= 11 is 0. The van der Waals surface area contributed by atoms with Crippen molar-refractivity contribution in [1.82, 2.24) is 0 Å². The average Bonchev–Trinajstić information content (AvgIpc) is 1.91. The Kier molecular flexibility index (Phi) is 5.86. The molecule has 5 heteroatoms.